The monoisotopic (exact) mass is 234 g/mol. The van der Waals surface area contributed by atoms with Gasteiger partial charge >= 0.3 is 0 Å². The molecule has 1 aromatic carbocycles. The number of aliphatic hydroxyl groups excluding tert-OH is 1. The molecule has 0 fully saturated rings. The molecule has 1 rings (SSSR count). The molecular weight excluding hydrogens is 208 g/mol. The number of benzene rings is 1. The second-order valence-corrected chi connectivity index (χ2v) is 3.40. The van der Waals surface area contributed by atoms with E-state index in [-0.39, 0.29) is 0 Å². The Labute approximate surface area is 107 Å². The largest absolute Gasteiger partial charge is 0.400 e. The molecule has 0 atom stereocenters. The van der Waals surface area contributed by atoms with Crippen molar-refractivity contribution in [2.75, 3.05) is 7.11 Å². The van der Waals surface area contributed by atoms with Crippen LogP contribution in [0.3, 0.4) is 0 Å². The zero-order valence-corrected chi connectivity index (χ0v) is 12.0. The fourth-order valence-corrected chi connectivity index (χ4v) is 1.22. The van der Waals surface area contributed by atoms with Gasteiger partial charge in [0, 0.05) is 7.11 Å². The maximum absolute atomic E-state index is 7.00. The SMILES string of the molecule is C=C(C)/C(C)=C(\C)c1ccccc1.CC.CO. The summed E-state index contributed by atoms with van der Waals surface area (Å²) in [6.07, 6.45) is 0. The minimum atomic E-state index is 1.00. The van der Waals surface area contributed by atoms with Gasteiger partial charge in [-0.05, 0) is 37.5 Å². The molecule has 0 bridgehead atoms. The molecular formula is C16H26O. The Morgan fingerprint density at radius 1 is 0.941 bits per heavy atom. The third-order valence-electron chi connectivity index (χ3n) is 2.41. The van der Waals surface area contributed by atoms with Crippen LogP contribution in [0, 0.1) is 0 Å². The van der Waals surface area contributed by atoms with Crippen LogP contribution in [0.4, 0.5) is 0 Å². The summed E-state index contributed by atoms with van der Waals surface area (Å²) in [5.74, 6) is 0. The van der Waals surface area contributed by atoms with E-state index in [9.17, 15) is 0 Å². The Morgan fingerprint density at radius 2 is 1.35 bits per heavy atom. The van der Waals surface area contributed by atoms with Crippen LogP contribution < -0.4 is 0 Å². The lowest BCUT2D eigenvalue weighted by Gasteiger charge is -2.07. The molecule has 17 heavy (non-hydrogen) atoms. The van der Waals surface area contributed by atoms with Crippen LogP contribution in [0.5, 0.6) is 0 Å². The normalized spacial score (nSPS) is 10.1. The fraction of sp³-hybridized carbons (Fsp3) is 0.375. The molecule has 0 aliphatic heterocycles. The van der Waals surface area contributed by atoms with E-state index < -0.39 is 0 Å². The van der Waals surface area contributed by atoms with E-state index in [1.165, 1.54) is 16.7 Å². The van der Waals surface area contributed by atoms with Gasteiger partial charge in [0.1, 0.15) is 0 Å². The second kappa shape index (κ2) is 11.2. The molecule has 1 aromatic rings. The van der Waals surface area contributed by atoms with Gasteiger partial charge in [0.2, 0.25) is 0 Å². The van der Waals surface area contributed by atoms with Crippen molar-refractivity contribution < 1.29 is 5.11 Å². The van der Waals surface area contributed by atoms with Crippen molar-refractivity contribution in [1.29, 1.82) is 0 Å². The van der Waals surface area contributed by atoms with E-state index in [4.69, 9.17) is 5.11 Å². The highest BCUT2D eigenvalue weighted by Crippen LogP contribution is 2.21. The summed E-state index contributed by atoms with van der Waals surface area (Å²) < 4.78 is 0. The lowest BCUT2D eigenvalue weighted by molar-refractivity contribution is 0.399. The molecule has 0 saturated heterocycles. The maximum atomic E-state index is 7.00. The first-order valence-electron chi connectivity index (χ1n) is 5.96. The number of aliphatic hydroxyl groups is 1. The summed E-state index contributed by atoms with van der Waals surface area (Å²) in [6, 6.07) is 10.4. The van der Waals surface area contributed by atoms with Crippen molar-refractivity contribution in [1.82, 2.24) is 0 Å². The fourth-order valence-electron chi connectivity index (χ4n) is 1.22. The number of allylic oxidation sites excluding steroid dienone is 3. The highest BCUT2D eigenvalue weighted by molar-refractivity contribution is 5.69. The zero-order valence-electron chi connectivity index (χ0n) is 12.0. The summed E-state index contributed by atoms with van der Waals surface area (Å²) in [5.41, 5.74) is 5.02. The molecule has 0 aliphatic rings. The van der Waals surface area contributed by atoms with Gasteiger partial charge in [-0.25, -0.2) is 0 Å². The van der Waals surface area contributed by atoms with Crippen molar-refractivity contribution >= 4 is 5.57 Å². The highest BCUT2D eigenvalue weighted by Gasteiger charge is 1.99. The summed E-state index contributed by atoms with van der Waals surface area (Å²) in [6.45, 7) is 14.2. The Kier molecular flexibility index (Phi) is 11.8. The topological polar surface area (TPSA) is 20.2 Å². The van der Waals surface area contributed by atoms with E-state index in [0.717, 1.165) is 12.7 Å². The van der Waals surface area contributed by atoms with Crippen LogP contribution in [0.15, 0.2) is 48.1 Å². The molecule has 96 valence electrons. The van der Waals surface area contributed by atoms with E-state index in [0.29, 0.717) is 0 Å². The van der Waals surface area contributed by atoms with Gasteiger partial charge in [-0.3, -0.25) is 0 Å². The molecule has 0 aliphatic carbocycles. The third kappa shape index (κ3) is 6.75. The Bertz CT molecular complexity index is 334. The van der Waals surface area contributed by atoms with Gasteiger partial charge in [0.05, 0.1) is 0 Å². The molecule has 0 heterocycles. The van der Waals surface area contributed by atoms with Crippen LogP contribution in [-0.4, -0.2) is 12.2 Å². The lowest BCUT2D eigenvalue weighted by atomic mass is 9.99. The Balaban J connectivity index is 0. The summed E-state index contributed by atoms with van der Waals surface area (Å²) in [4.78, 5) is 0. The standard InChI is InChI=1S/C13H16.C2H6.CH4O/c1-10(2)11(3)12(4)13-8-6-5-7-9-13;2*1-2/h5-9H,1H2,2-4H3;1-2H3;2H,1H3/b12-11+;;. The molecule has 1 nitrogen and oxygen atoms in total. The molecule has 0 unspecified atom stereocenters. The lowest BCUT2D eigenvalue weighted by Crippen LogP contribution is -1.85. The van der Waals surface area contributed by atoms with Gasteiger partial charge in [-0.15, -0.1) is 0 Å². The quantitative estimate of drug-likeness (QED) is 0.736. The second-order valence-electron chi connectivity index (χ2n) is 3.40. The minimum Gasteiger partial charge on any atom is -0.400 e. The Hall–Kier alpha value is -1.34. The van der Waals surface area contributed by atoms with Crippen LogP contribution in [0.1, 0.15) is 40.2 Å². The first kappa shape index (κ1) is 18.0. The smallest absolute Gasteiger partial charge is 0.0319 e. The molecule has 0 spiro atoms. The average molecular weight is 234 g/mol. The van der Waals surface area contributed by atoms with Crippen molar-refractivity contribution in [2.24, 2.45) is 0 Å². The predicted octanol–water partition coefficient (Wildman–Crippen LogP) is 4.69. The van der Waals surface area contributed by atoms with Crippen LogP contribution in [-0.2, 0) is 0 Å². The van der Waals surface area contributed by atoms with E-state index in [2.05, 4.69) is 44.7 Å². The molecule has 0 radical (unpaired) electrons. The summed E-state index contributed by atoms with van der Waals surface area (Å²) in [5, 5.41) is 7.00. The van der Waals surface area contributed by atoms with Gasteiger partial charge < -0.3 is 5.11 Å². The number of hydrogen-bond acceptors (Lipinski definition) is 1. The molecule has 1 N–H and O–H groups in total. The first-order valence-corrected chi connectivity index (χ1v) is 5.96. The van der Waals surface area contributed by atoms with E-state index >= 15 is 0 Å². The number of rotatable bonds is 2. The molecule has 0 saturated carbocycles. The van der Waals surface area contributed by atoms with E-state index in [1.54, 1.807) is 0 Å². The number of hydrogen-bond donors (Lipinski definition) is 1. The Morgan fingerprint density at radius 3 is 1.71 bits per heavy atom. The van der Waals surface area contributed by atoms with Gasteiger partial charge in [-0.2, -0.15) is 0 Å². The van der Waals surface area contributed by atoms with Crippen LogP contribution >= 0.6 is 0 Å². The average Bonchev–Trinajstić information content (AvgIpc) is 2.42. The van der Waals surface area contributed by atoms with Gasteiger partial charge in [0.25, 0.3) is 0 Å². The summed E-state index contributed by atoms with van der Waals surface area (Å²) in [7, 11) is 1.00. The van der Waals surface area contributed by atoms with Crippen molar-refractivity contribution in [3.05, 3.63) is 53.6 Å². The van der Waals surface area contributed by atoms with Crippen molar-refractivity contribution in [2.45, 2.75) is 34.6 Å². The van der Waals surface area contributed by atoms with Gasteiger partial charge in [0.15, 0.2) is 0 Å². The first-order chi connectivity index (χ1) is 8.13. The molecule has 0 amide bonds. The molecule has 0 aromatic heterocycles. The minimum absolute atomic E-state index is 1.00. The highest BCUT2D eigenvalue weighted by atomic mass is 16.2. The van der Waals surface area contributed by atoms with Crippen molar-refractivity contribution in [3.8, 4) is 0 Å². The van der Waals surface area contributed by atoms with E-state index in [1.807, 2.05) is 26.8 Å². The van der Waals surface area contributed by atoms with Crippen LogP contribution in [0.25, 0.3) is 5.57 Å². The summed E-state index contributed by atoms with van der Waals surface area (Å²) >= 11 is 0. The molecule has 1 heteroatoms. The maximum Gasteiger partial charge on any atom is 0.0319 e. The third-order valence-corrected chi connectivity index (χ3v) is 2.41. The zero-order chi connectivity index (χ0) is 13.8. The van der Waals surface area contributed by atoms with Crippen LogP contribution in [0.2, 0.25) is 0 Å². The van der Waals surface area contributed by atoms with Crippen molar-refractivity contribution in [3.63, 3.8) is 0 Å². The predicted molar refractivity (Wildman–Crippen MR) is 79.0 cm³/mol. The van der Waals surface area contributed by atoms with Gasteiger partial charge in [-0.1, -0.05) is 56.3 Å².